The van der Waals surface area contributed by atoms with E-state index in [0.29, 0.717) is 13.0 Å². The summed E-state index contributed by atoms with van der Waals surface area (Å²) in [5.41, 5.74) is 5.00. The fourth-order valence-electron chi connectivity index (χ4n) is 1.17. The molecular weight excluding hydrogens is 132 g/mol. The third-order valence-corrected chi connectivity index (χ3v) is 1.70. The van der Waals surface area contributed by atoms with Crippen LogP contribution in [0.3, 0.4) is 0 Å². The Morgan fingerprint density at radius 3 is 2.80 bits per heavy atom. The van der Waals surface area contributed by atoms with E-state index in [2.05, 4.69) is 0 Å². The Morgan fingerprint density at radius 1 is 1.70 bits per heavy atom. The van der Waals surface area contributed by atoms with Gasteiger partial charge in [-0.05, 0) is 12.8 Å². The second-order valence-electron chi connectivity index (χ2n) is 2.35. The van der Waals surface area contributed by atoms with Gasteiger partial charge in [-0.3, -0.25) is 9.59 Å². The molecule has 1 saturated heterocycles. The Bertz CT molecular complexity index is 158. The van der Waals surface area contributed by atoms with Crippen molar-refractivity contribution in [1.82, 2.24) is 4.90 Å². The van der Waals surface area contributed by atoms with E-state index in [-0.39, 0.29) is 0 Å². The van der Waals surface area contributed by atoms with Crippen molar-refractivity contribution in [3.8, 4) is 0 Å². The molecule has 0 saturated carbocycles. The Kier molecular flexibility index (Phi) is 1.89. The van der Waals surface area contributed by atoms with Gasteiger partial charge in [0.2, 0.25) is 5.91 Å². The Hall–Kier alpha value is -1.06. The number of nitrogens with two attached hydrogens (primary N) is 1. The van der Waals surface area contributed by atoms with Gasteiger partial charge in [0.05, 0.1) is 0 Å². The second-order valence-corrected chi connectivity index (χ2v) is 2.35. The lowest BCUT2D eigenvalue weighted by atomic mass is 10.2. The zero-order valence-corrected chi connectivity index (χ0v) is 5.54. The van der Waals surface area contributed by atoms with Gasteiger partial charge in [0.1, 0.15) is 6.04 Å². The molecule has 1 aliphatic rings. The number of hydrogen-bond donors (Lipinski definition) is 1. The molecule has 0 spiro atoms. The van der Waals surface area contributed by atoms with Crippen LogP contribution in [0.2, 0.25) is 0 Å². The van der Waals surface area contributed by atoms with E-state index < -0.39 is 11.9 Å². The molecule has 0 aromatic carbocycles. The predicted octanol–water partition coefficient (Wildman–Crippen LogP) is -0.997. The topological polar surface area (TPSA) is 63.4 Å². The van der Waals surface area contributed by atoms with Gasteiger partial charge in [0.25, 0.3) is 0 Å². The Balaban J connectivity index is 2.58. The van der Waals surface area contributed by atoms with Crippen molar-refractivity contribution in [2.75, 3.05) is 6.54 Å². The van der Waals surface area contributed by atoms with E-state index in [1.807, 2.05) is 0 Å². The highest BCUT2D eigenvalue weighted by atomic mass is 16.2. The summed E-state index contributed by atoms with van der Waals surface area (Å²) < 4.78 is 0. The summed E-state index contributed by atoms with van der Waals surface area (Å²) in [5, 5.41) is 0. The number of hydrogen-bond acceptors (Lipinski definition) is 2. The van der Waals surface area contributed by atoms with E-state index >= 15 is 0 Å². The highest BCUT2D eigenvalue weighted by Gasteiger charge is 2.27. The number of primary amides is 1. The molecule has 1 fully saturated rings. The number of likely N-dealkylation sites (tertiary alicyclic amines) is 1. The molecule has 0 bridgehead atoms. The van der Waals surface area contributed by atoms with E-state index in [0.717, 1.165) is 6.42 Å². The first-order valence-electron chi connectivity index (χ1n) is 3.19. The van der Waals surface area contributed by atoms with Crippen molar-refractivity contribution < 1.29 is 9.59 Å². The summed E-state index contributed by atoms with van der Waals surface area (Å²) in [6.07, 6.45) is 3.21. The third kappa shape index (κ3) is 1.10. The third-order valence-electron chi connectivity index (χ3n) is 1.70. The second kappa shape index (κ2) is 2.68. The zero-order valence-electron chi connectivity index (χ0n) is 5.54. The minimum absolute atomic E-state index is 0.405. The van der Waals surface area contributed by atoms with Crippen molar-refractivity contribution in [2.24, 2.45) is 5.73 Å². The average molecular weight is 141 g/mol. The molecule has 1 rings (SSSR count). The van der Waals surface area contributed by atoms with Crippen molar-refractivity contribution in [3.63, 3.8) is 0 Å². The molecule has 0 aliphatic carbocycles. The summed E-state index contributed by atoms with van der Waals surface area (Å²) in [7, 11) is 0. The minimum atomic E-state index is -0.430. The molecule has 0 aromatic rings. The van der Waals surface area contributed by atoms with Gasteiger partial charge in [0.15, 0.2) is 0 Å². The fourth-order valence-corrected chi connectivity index (χ4v) is 1.17. The fraction of sp³-hybridized carbons (Fsp3) is 0.667. The standard InChI is InChI=1S/C6H9N2O2/c7-6(10)5-2-1-3-8(5)4-9/h5H,1-3H2,(H2,7,10)/t5-/m0/s1. The molecule has 1 heterocycles. The summed E-state index contributed by atoms with van der Waals surface area (Å²) >= 11 is 0. The molecule has 0 aromatic heterocycles. The van der Waals surface area contributed by atoms with E-state index in [4.69, 9.17) is 5.73 Å². The first-order valence-corrected chi connectivity index (χ1v) is 3.19. The van der Waals surface area contributed by atoms with E-state index in [1.54, 1.807) is 6.41 Å². The highest BCUT2D eigenvalue weighted by molar-refractivity contribution is 5.82. The number of carbonyl (C=O) groups excluding carboxylic acids is 2. The van der Waals surface area contributed by atoms with Gasteiger partial charge >= 0.3 is 6.41 Å². The van der Waals surface area contributed by atoms with E-state index in [9.17, 15) is 9.59 Å². The molecule has 0 unspecified atom stereocenters. The van der Waals surface area contributed by atoms with Crippen LogP contribution in [-0.4, -0.2) is 29.8 Å². The molecule has 1 atom stereocenters. The summed E-state index contributed by atoms with van der Waals surface area (Å²) in [6, 6.07) is -0.405. The average Bonchev–Trinajstić information content (AvgIpc) is 2.33. The Morgan fingerprint density at radius 2 is 2.40 bits per heavy atom. The van der Waals surface area contributed by atoms with Crippen LogP contribution in [0.1, 0.15) is 12.8 Å². The molecule has 4 nitrogen and oxygen atoms in total. The monoisotopic (exact) mass is 141 g/mol. The smallest absolute Gasteiger partial charge is 0.312 e. The van der Waals surface area contributed by atoms with Crippen LogP contribution in [0.5, 0.6) is 0 Å². The first kappa shape index (κ1) is 7.05. The quantitative estimate of drug-likeness (QED) is 0.536. The molecule has 2 N–H and O–H groups in total. The van der Waals surface area contributed by atoms with Crippen molar-refractivity contribution in [3.05, 3.63) is 0 Å². The van der Waals surface area contributed by atoms with Gasteiger partial charge in [-0.15, -0.1) is 0 Å². The lowest BCUT2D eigenvalue weighted by Crippen LogP contribution is -2.39. The van der Waals surface area contributed by atoms with Gasteiger partial charge in [0, 0.05) is 6.54 Å². The maximum Gasteiger partial charge on any atom is 0.312 e. The molecular formula is C6H9N2O2. The largest absolute Gasteiger partial charge is 0.368 e. The first-order chi connectivity index (χ1) is 4.75. The summed E-state index contributed by atoms with van der Waals surface area (Å²) in [6.45, 7) is 0.608. The lowest BCUT2D eigenvalue weighted by Gasteiger charge is -2.13. The van der Waals surface area contributed by atoms with Crippen molar-refractivity contribution >= 4 is 12.3 Å². The van der Waals surface area contributed by atoms with Crippen molar-refractivity contribution in [2.45, 2.75) is 18.9 Å². The van der Waals surface area contributed by atoms with Gasteiger partial charge in [-0.25, -0.2) is 0 Å². The summed E-state index contributed by atoms with van der Waals surface area (Å²) in [4.78, 5) is 22.0. The van der Waals surface area contributed by atoms with E-state index in [1.165, 1.54) is 4.90 Å². The van der Waals surface area contributed by atoms with Crippen LogP contribution >= 0.6 is 0 Å². The van der Waals surface area contributed by atoms with Crippen LogP contribution in [0, 0.1) is 0 Å². The molecule has 1 aliphatic heterocycles. The number of amides is 2. The van der Waals surface area contributed by atoms with Crippen molar-refractivity contribution in [1.29, 1.82) is 0 Å². The molecule has 2 amide bonds. The SMILES string of the molecule is NC(=O)[C@@H]1CCCN1[C]=O. The maximum absolute atomic E-state index is 10.6. The Labute approximate surface area is 59.0 Å². The van der Waals surface area contributed by atoms with Gasteiger partial charge < -0.3 is 10.6 Å². The highest BCUT2D eigenvalue weighted by Crippen LogP contribution is 2.13. The van der Waals surface area contributed by atoms with Crippen LogP contribution in [0.4, 0.5) is 0 Å². The molecule has 4 heteroatoms. The number of nitrogens with zero attached hydrogens (tertiary/aromatic N) is 1. The van der Waals surface area contributed by atoms with Crippen LogP contribution in [0.15, 0.2) is 0 Å². The van der Waals surface area contributed by atoms with Gasteiger partial charge in [-0.2, -0.15) is 0 Å². The minimum Gasteiger partial charge on any atom is -0.368 e. The molecule has 1 radical (unpaired) electrons. The normalized spacial score (nSPS) is 24.8. The number of carbonyl (C=O) groups is 1. The predicted molar refractivity (Wildman–Crippen MR) is 34.6 cm³/mol. The maximum atomic E-state index is 10.6. The molecule has 55 valence electrons. The van der Waals surface area contributed by atoms with Crippen LogP contribution in [0.25, 0.3) is 0 Å². The van der Waals surface area contributed by atoms with Crippen LogP contribution < -0.4 is 5.73 Å². The summed E-state index contributed by atoms with van der Waals surface area (Å²) in [5.74, 6) is -0.430. The van der Waals surface area contributed by atoms with Gasteiger partial charge in [-0.1, -0.05) is 0 Å². The zero-order chi connectivity index (χ0) is 7.56. The molecule has 10 heavy (non-hydrogen) atoms. The van der Waals surface area contributed by atoms with Crippen LogP contribution in [-0.2, 0) is 9.59 Å². The lowest BCUT2D eigenvalue weighted by molar-refractivity contribution is -0.121. The number of rotatable bonds is 2.